The highest BCUT2D eigenvalue weighted by atomic mass is 16.5. The SMILES string of the molecule is COc1ccccc1[C@]1(O)CCC[C@H]2CN(Cc3cnc(C(C)C)nc3)C[C@H]21. The molecule has 0 radical (unpaired) electrons. The number of para-hydroxylation sites is 1. The lowest BCUT2D eigenvalue weighted by molar-refractivity contribution is -0.0662. The molecule has 1 aliphatic carbocycles. The van der Waals surface area contributed by atoms with Gasteiger partial charge in [0.2, 0.25) is 0 Å². The molecule has 2 fully saturated rings. The zero-order valence-electron chi connectivity index (χ0n) is 17.1. The highest BCUT2D eigenvalue weighted by Crippen LogP contribution is 2.50. The van der Waals surface area contributed by atoms with Crippen LogP contribution in [0.4, 0.5) is 0 Å². The summed E-state index contributed by atoms with van der Waals surface area (Å²) in [5, 5.41) is 11.8. The first kappa shape index (κ1) is 19.3. The summed E-state index contributed by atoms with van der Waals surface area (Å²) in [6.07, 6.45) is 6.94. The van der Waals surface area contributed by atoms with Crippen molar-refractivity contribution in [2.24, 2.45) is 11.8 Å². The zero-order valence-corrected chi connectivity index (χ0v) is 17.1. The Balaban J connectivity index is 1.53. The predicted molar refractivity (Wildman–Crippen MR) is 109 cm³/mol. The van der Waals surface area contributed by atoms with Crippen molar-refractivity contribution >= 4 is 0 Å². The quantitative estimate of drug-likeness (QED) is 0.855. The molecule has 0 unspecified atom stereocenters. The molecule has 1 saturated heterocycles. The summed E-state index contributed by atoms with van der Waals surface area (Å²) in [6, 6.07) is 7.95. The number of benzene rings is 1. The Morgan fingerprint density at radius 2 is 1.96 bits per heavy atom. The molecule has 150 valence electrons. The molecule has 28 heavy (non-hydrogen) atoms. The maximum Gasteiger partial charge on any atom is 0.130 e. The summed E-state index contributed by atoms with van der Waals surface area (Å²) in [7, 11) is 1.68. The van der Waals surface area contributed by atoms with E-state index in [0.29, 0.717) is 11.8 Å². The molecule has 1 N–H and O–H groups in total. The topological polar surface area (TPSA) is 58.5 Å². The Hall–Kier alpha value is -1.98. The number of likely N-dealkylation sites (tertiary alicyclic amines) is 1. The van der Waals surface area contributed by atoms with Gasteiger partial charge in [0.05, 0.1) is 12.7 Å². The lowest BCUT2D eigenvalue weighted by atomic mass is 9.67. The maximum absolute atomic E-state index is 11.8. The minimum Gasteiger partial charge on any atom is -0.496 e. The molecule has 2 heterocycles. The summed E-state index contributed by atoms with van der Waals surface area (Å²) < 4.78 is 5.58. The van der Waals surface area contributed by atoms with Crippen LogP contribution in [0.15, 0.2) is 36.7 Å². The van der Waals surface area contributed by atoms with E-state index >= 15 is 0 Å². The molecule has 1 aromatic carbocycles. The summed E-state index contributed by atoms with van der Waals surface area (Å²) >= 11 is 0. The predicted octanol–water partition coefficient (Wildman–Crippen LogP) is 3.73. The molecule has 0 spiro atoms. The van der Waals surface area contributed by atoms with E-state index in [9.17, 15) is 5.11 Å². The van der Waals surface area contributed by atoms with Crippen molar-refractivity contribution in [3.05, 3.63) is 53.6 Å². The fourth-order valence-corrected chi connectivity index (χ4v) is 5.08. The van der Waals surface area contributed by atoms with Crippen LogP contribution < -0.4 is 4.74 Å². The second-order valence-corrected chi connectivity index (χ2v) is 8.68. The van der Waals surface area contributed by atoms with Crippen molar-refractivity contribution in [1.29, 1.82) is 0 Å². The van der Waals surface area contributed by atoms with Crippen LogP contribution in [0, 0.1) is 11.8 Å². The van der Waals surface area contributed by atoms with Gasteiger partial charge in [0.15, 0.2) is 0 Å². The van der Waals surface area contributed by atoms with Crippen molar-refractivity contribution in [3.63, 3.8) is 0 Å². The van der Waals surface area contributed by atoms with Crippen molar-refractivity contribution in [3.8, 4) is 5.75 Å². The third-order valence-electron chi connectivity index (χ3n) is 6.48. The minimum absolute atomic E-state index is 0.230. The number of hydrogen-bond donors (Lipinski definition) is 1. The molecule has 2 aromatic rings. The highest BCUT2D eigenvalue weighted by molar-refractivity contribution is 5.39. The van der Waals surface area contributed by atoms with Crippen LogP contribution in [-0.2, 0) is 12.1 Å². The van der Waals surface area contributed by atoms with Gasteiger partial charge < -0.3 is 9.84 Å². The molecule has 1 saturated carbocycles. The number of rotatable bonds is 5. The van der Waals surface area contributed by atoms with Gasteiger partial charge in [-0.05, 0) is 31.2 Å². The average molecular weight is 382 g/mol. The summed E-state index contributed by atoms with van der Waals surface area (Å²) in [5.74, 6) is 2.78. The van der Waals surface area contributed by atoms with Crippen LogP contribution in [0.25, 0.3) is 0 Å². The first-order valence-corrected chi connectivity index (χ1v) is 10.4. The zero-order chi connectivity index (χ0) is 19.7. The van der Waals surface area contributed by atoms with Gasteiger partial charge in [-0.25, -0.2) is 9.97 Å². The summed E-state index contributed by atoms with van der Waals surface area (Å²) in [5.41, 5.74) is 1.27. The summed E-state index contributed by atoms with van der Waals surface area (Å²) in [4.78, 5) is 11.5. The maximum atomic E-state index is 11.8. The third kappa shape index (κ3) is 3.53. The van der Waals surface area contributed by atoms with Crippen molar-refractivity contribution in [1.82, 2.24) is 14.9 Å². The van der Waals surface area contributed by atoms with E-state index in [1.807, 2.05) is 36.7 Å². The molecule has 0 bridgehead atoms. The van der Waals surface area contributed by atoms with Gasteiger partial charge in [-0.2, -0.15) is 0 Å². The second kappa shape index (κ2) is 7.80. The first-order valence-electron chi connectivity index (χ1n) is 10.4. The van der Waals surface area contributed by atoms with E-state index in [4.69, 9.17) is 4.74 Å². The Morgan fingerprint density at radius 3 is 2.68 bits per heavy atom. The average Bonchev–Trinajstić information content (AvgIpc) is 3.12. The standard InChI is InChI=1S/C23H31N3O2/c1-16(2)22-24-11-17(12-25-22)13-26-14-18-7-6-10-23(27,20(18)15-26)19-8-4-5-9-21(19)28-3/h4-5,8-9,11-12,16,18,20,27H,6-7,10,13-15H2,1-3H3/t18-,20+,23+/m0/s1. The highest BCUT2D eigenvalue weighted by Gasteiger charge is 2.50. The smallest absolute Gasteiger partial charge is 0.130 e. The van der Waals surface area contributed by atoms with Gasteiger partial charge in [-0.3, -0.25) is 4.90 Å². The molecule has 2 aliphatic rings. The third-order valence-corrected chi connectivity index (χ3v) is 6.48. The molecular weight excluding hydrogens is 350 g/mol. The van der Waals surface area contributed by atoms with Crippen LogP contribution >= 0.6 is 0 Å². The minimum atomic E-state index is -0.817. The number of nitrogens with zero attached hydrogens (tertiary/aromatic N) is 3. The lowest BCUT2D eigenvalue weighted by Gasteiger charge is -2.42. The molecule has 5 nitrogen and oxygen atoms in total. The number of aliphatic hydroxyl groups is 1. The van der Waals surface area contributed by atoms with Crippen molar-refractivity contribution in [2.75, 3.05) is 20.2 Å². The Morgan fingerprint density at radius 1 is 1.21 bits per heavy atom. The molecule has 5 heteroatoms. The number of ether oxygens (including phenoxy) is 1. The van der Waals surface area contributed by atoms with E-state index in [0.717, 1.165) is 55.2 Å². The number of fused-ring (bicyclic) bond motifs is 1. The molecule has 1 aliphatic heterocycles. The van der Waals surface area contributed by atoms with Crippen LogP contribution in [0.3, 0.4) is 0 Å². The van der Waals surface area contributed by atoms with Gasteiger partial charge in [0.1, 0.15) is 11.6 Å². The molecule has 0 amide bonds. The fourth-order valence-electron chi connectivity index (χ4n) is 5.08. The Labute approximate surface area is 167 Å². The van der Waals surface area contributed by atoms with Gasteiger partial charge >= 0.3 is 0 Å². The van der Waals surface area contributed by atoms with E-state index in [-0.39, 0.29) is 5.92 Å². The van der Waals surface area contributed by atoms with E-state index in [1.54, 1.807) is 7.11 Å². The molecular formula is C23H31N3O2. The van der Waals surface area contributed by atoms with E-state index < -0.39 is 5.60 Å². The van der Waals surface area contributed by atoms with Crippen LogP contribution in [-0.4, -0.2) is 40.2 Å². The van der Waals surface area contributed by atoms with Gasteiger partial charge in [-0.15, -0.1) is 0 Å². The van der Waals surface area contributed by atoms with Crippen LogP contribution in [0.5, 0.6) is 5.75 Å². The van der Waals surface area contributed by atoms with Crippen LogP contribution in [0.2, 0.25) is 0 Å². The Kier molecular flexibility index (Phi) is 5.39. The summed E-state index contributed by atoms with van der Waals surface area (Å²) in [6.45, 7) is 6.98. The van der Waals surface area contributed by atoms with E-state index in [1.165, 1.54) is 6.42 Å². The number of hydrogen-bond acceptors (Lipinski definition) is 5. The number of methoxy groups -OCH3 is 1. The van der Waals surface area contributed by atoms with Gasteiger partial charge in [0, 0.05) is 55.0 Å². The Bertz CT molecular complexity index is 808. The monoisotopic (exact) mass is 381 g/mol. The lowest BCUT2D eigenvalue weighted by Crippen LogP contribution is -2.43. The van der Waals surface area contributed by atoms with Crippen LogP contribution in [0.1, 0.15) is 56.0 Å². The fraction of sp³-hybridized carbons (Fsp3) is 0.565. The largest absolute Gasteiger partial charge is 0.496 e. The molecule has 4 rings (SSSR count). The molecule has 3 atom stereocenters. The van der Waals surface area contributed by atoms with Crippen molar-refractivity contribution < 1.29 is 9.84 Å². The van der Waals surface area contributed by atoms with Gasteiger partial charge in [-0.1, -0.05) is 32.0 Å². The second-order valence-electron chi connectivity index (χ2n) is 8.68. The van der Waals surface area contributed by atoms with E-state index in [2.05, 4.69) is 28.7 Å². The van der Waals surface area contributed by atoms with Gasteiger partial charge in [0.25, 0.3) is 0 Å². The molecule has 1 aromatic heterocycles. The van der Waals surface area contributed by atoms with Crippen molar-refractivity contribution in [2.45, 2.75) is 51.2 Å². The normalized spacial score (nSPS) is 27.8. The first-order chi connectivity index (χ1) is 13.5. The number of aromatic nitrogens is 2.